The van der Waals surface area contributed by atoms with Crippen molar-refractivity contribution in [2.24, 2.45) is 0 Å². The highest BCUT2D eigenvalue weighted by atomic mass is 16.2. The van der Waals surface area contributed by atoms with Crippen LogP contribution in [-0.4, -0.2) is 37.4 Å². The number of hydrogen-bond acceptors (Lipinski definition) is 4. The summed E-state index contributed by atoms with van der Waals surface area (Å²) in [5.74, 6) is 0.905. The normalized spacial score (nSPS) is 10.9. The molecule has 0 aliphatic heterocycles. The number of aryl methyl sites for hydroxylation is 1. The van der Waals surface area contributed by atoms with Gasteiger partial charge in [-0.15, -0.1) is 5.10 Å². The first-order chi connectivity index (χ1) is 9.16. The number of H-pyrrole nitrogens is 1. The quantitative estimate of drug-likeness (QED) is 0.758. The molecule has 0 aromatic carbocycles. The highest BCUT2D eigenvalue weighted by Crippen LogP contribution is 2.07. The first-order valence-corrected chi connectivity index (χ1v) is 6.34. The molecule has 0 spiro atoms. The summed E-state index contributed by atoms with van der Waals surface area (Å²) in [6.45, 7) is 5.33. The largest absolute Gasteiger partial charge is 0.349 e. The molecule has 0 bridgehead atoms. The minimum Gasteiger partial charge on any atom is -0.349 e. The molecule has 2 N–H and O–H groups in total. The van der Waals surface area contributed by atoms with Gasteiger partial charge in [-0.2, -0.15) is 5.10 Å². The third kappa shape index (κ3) is 3.64. The van der Waals surface area contributed by atoms with Crippen LogP contribution >= 0.6 is 0 Å². The molecule has 0 radical (unpaired) electrons. The number of aromatic nitrogens is 5. The predicted octanol–water partition coefficient (Wildman–Crippen LogP) is 0.945. The molecular formula is C12H18N6O. The van der Waals surface area contributed by atoms with E-state index in [0.29, 0.717) is 6.54 Å². The first-order valence-electron chi connectivity index (χ1n) is 6.34. The average Bonchev–Trinajstić information content (AvgIpc) is 3.05. The number of hydrogen-bond donors (Lipinski definition) is 2. The molecule has 102 valence electrons. The van der Waals surface area contributed by atoms with Gasteiger partial charge in [-0.1, -0.05) is 13.8 Å². The third-order valence-electron chi connectivity index (χ3n) is 2.66. The zero-order chi connectivity index (χ0) is 13.7. The molecule has 19 heavy (non-hydrogen) atoms. The Morgan fingerprint density at radius 2 is 2.37 bits per heavy atom. The highest BCUT2D eigenvalue weighted by molar-refractivity contribution is 5.90. The minimum atomic E-state index is -0.247. The van der Waals surface area contributed by atoms with Gasteiger partial charge in [0.05, 0.1) is 0 Å². The van der Waals surface area contributed by atoms with Gasteiger partial charge in [-0.05, 0) is 12.5 Å². The lowest BCUT2D eigenvalue weighted by Gasteiger charge is -2.03. The summed E-state index contributed by atoms with van der Waals surface area (Å²) in [7, 11) is 0. The molecule has 2 rings (SSSR count). The highest BCUT2D eigenvalue weighted by Gasteiger charge is 2.13. The van der Waals surface area contributed by atoms with Crippen molar-refractivity contribution >= 4 is 5.91 Å². The Labute approximate surface area is 111 Å². The standard InChI is InChI=1S/C12H18N6O/c1-9(2)10-15-11(17-16-10)12(19)13-5-3-7-18-8-4-6-14-18/h4,6,8-9H,3,5,7H2,1-2H3,(H,13,19)(H,15,16,17). The van der Waals surface area contributed by atoms with Gasteiger partial charge in [-0.3, -0.25) is 14.6 Å². The Morgan fingerprint density at radius 3 is 3.00 bits per heavy atom. The van der Waals surface area contributed by atoms with Crippen LogP contribution in [0.2, 0.25) is 0 Å². The van der Waals surface area contributed by atoms with Crippen molar-refractivity contribution in [2.75, 3.05) is 6.54 Å². The molecule has 2 heterocycles. The van der Waals surface area contributed by atoms with Crippen LogP contribution in [0.5, 0.6) is 0 Å². The molecule has 0 atom stereocenters. The Kier molecular flexibility index (Phi) is 4.27. The van der Waals surface area contributed by atoms with Crippen molar-refractivity contribution in [1.29, 1.82) is 0 Å². The summed E-state index contributed by atoms with van der Waals surface area (Å²) in [5, 5.41) is 13.5. The van der Waals surface area contributed by atoms with E-state index in [1.165, 1.54) is 0 Å². The lowest BCUT2D eigenvalue weighted by atomic mass is 10.2. The molecule has 0 unspecified atom stereocenters. The second-order valence-corrected chi connectivity index (χ2v) is 4.58. The van der Waals surface area contributed by atoms with Crippen LogP contribution in [0.25, 0.3) is 0 Å². The van der Waals surface area contributed by atoms with Gasteiger partial charge in [0, 0.05) is 31.4 Å². The fraction of sp³-hybridized carbons (Fsp3) is 0.500. The molecule has 0 aliphatic carbocycles. The number of aromatic amines is 1. The minimum absolute atomic E-state index is 0.197. The van der Waals surface area contributed by atoms with Gasteiger partial charge in [0.15, 0.2) is 0 Å². The van der Waals surface area contributed by atoms with Crippen molar-refractivity contribution in [2.45, 2.75) is 32.7 Å². The molecule has 2 aromatic rings. The van der Waals surface area contributed by atoms with Crippen molar-refractivity contribution in [1.82, 2.24) is 30.3 Å². The Bertz CT molecular complexity index is 516. The number of nitrogens with zero attached hydrogens (tertiary/aromatic N) is 4. The maximum atomic E-state index is 11.8. The van der Waals surface area contributed by atoms with Crippen LogP contribution in [0.3, 0.4) is 0 Å². The van der Waals surface area contributed by atoms with Crippen molar-refractivity contribution in [3.8, 4) is 0 Å². The summed E-state index contributed by atoms with van der Waals surface area (Å²) < 4.78 is 1.83. The topological polar surface area (TPSA) is 88.5 Å². The molecular weight excluding hydrogens is 244 g/mol. The van der Waals surface area contributed by atoms with Crippen molar-refractivity contribution in [3.63, 3.8) is 0 Å². The zero-order valence-corrected chi connectivity index (χ0v) is 11.1. The summed E-state index contributed by atoms with van der Waals surface area (Å²) in [5.41, 5.74) is 0. The maximum absolute atomic E-state index is 11.8. The van der Waals surface area contributed by atoms with Crippen LogP contribution in [0.15, 0.2) is 18.5 Å². The van der Waals surface area contributed by atoms with E-state index in [2.05, 4.69) is 25.6 Å². The summed E-state index contributed by atoms with van der Waals surface area (Å²) >= 11 is 0. The second kappa shape index (κ2) is 6.12. The number of carbonyl (C=O) groups excluding carboxylic acids is 1. The summed E-state index contributed by atoms with van der Waals surface area (Å²) in [6, 6.07) is 1.87. The first kappa shape index (κ1) is 13.3. The van der Waals surface area contributed by atoms with E-state index in [-0.39, 0.29) is 17.6 Å². The third-order valence-corrected chi connectivity index (χ3v) is 2.66. The Morgan fingerprint density at radius 1 is 1.53 bits per heavy atom. The number of amides is 1. The smallest absolute Gasteiger partial charge is 0.290 e. The molecule has 7 nitrogen and oxygen atoms in total. The van der Waals surface area contributed by atoms with Crippen LogP contribution in [0.1, 0.15) is 42.6 Å². The van der Waals surface area contributed by atoms with Crippen LogP contribution < -0.4 is 5.32 Å². The van der Waals surface area contributed by atoms with E-state index >= 15 is 0 Å². The van der Waals surface area contributed by atoms with E-state index in [9.17, 15) is 4.79 Å². The summed E-state index contributed by atoms with van der Waals surface area (Å²) in [4.78, 5) is 15.9. The van der Waals surface area contributed by atoms with Gasteiger partial charge < -0.3 is 5.32 Å². The van der Waals surface area contributed by atoms with Crippen molar-refractivity contribution in [3.05, 3.63) is 30.1 Å². The lowest BCUT2D eigenvalue weighted by Crippen LogP contribution is -2.26. The Hall–Kier alpha value is -2.18. The van der Waals surface area contributed by atoms with Crippen LogP contribution in [-0.2, 0) is 6.54 Å². The van der Waals surface area contributed by atoms with Gasteiger partial charge >= 0.3 is 0 Å². The van der Waals surface area contributed by atoms with Crippen LogP contribution in [0, 0.1) is 0 Å². The van der Waals surface area contributed by atoms with Gasteiger partial charge in [0.2, 0.25) is 5.82 Å². The van der Waals surface area contributed by atoms with Gasteiger partial charge in [-0.25, -0.2) is 4.98 Å². The van der Waals surface area contributed by atoms with E-state index in [4.69, 9.17) is 0 Å². The van der Waals surface area contributed by atoms with Gasteiger partial charge in [0.1, 0.15) is 5.82 Å². The van der Waals surface area contributed by atoms with Gasteiger partial charge in [0.25, 0.3) is 5.91 Å². The molecule has 2 aromatic heterocycles. The maximum Gasteiger partial charge on any atom is 0.290 e. The summed E-state index contributed by atoms with van der Waals surface area (Å²) in [6.07, 6.45) is 4.44. The number of carbonyl (C=O) groups is 1. The van der Waals surface area contributed by atoms with Crippen LogP contribution in [0.4, 0.5) is 0 Å². The lowest BCUT2D eigenvalue weighted by molar-refractivity contribution is 0.0942. The predicted molar refractivity (Wildman–Crippen MR) is 69.6 cm³/mol. The SMILES string of the molecule is CC(C)c1nc(C(=O)NCCCn2cccn2)n[nH]1. The van der Waals surface area contributed by atoms with E-state index in [0.717, 1.165) is 18.8 Å². The molecule has 0 fully saturated rings. The second-order valence-electron chi connectivity index (χ2n) is 4.58. The van der Waals surface area contributed by atoms with Crippen molar-refractivity contribution < 1.29 is 4.79 Å². The molecule has 0 aliphatic rings. The van der Waals surface area contributed by atoms with E-state index < -0.39 is 0 Å². The van der Waals surface area contributed by atoms with E-state index in [1.807, 2.05) is 30.8 Å². The fourth-order valence-electron chi connectivity index (χ4n) is 1.59. The number of nitrogens with one attached hydrogen (secondary N) is 2. The molecule has 0 saturated carbocycles. The average molecular weight is 262 g/mol. The van der Waals surface area contributed by atoms with E-state index in [1.54, 1.807) is 6.20 Å². The fourth-order valence-corrected chi connectivity index (χ4v) is 1.59. The monoisotopic (exact) mass is 262 g/mol. The Balaban J connectivity index is 1.74. The number of rotatable bonds is 6. The molecule has 1 amide bonds. The molecule has 0 saturated heterocycles. The zero-order valence-electron chi connectivity index (χ0n) is 11.1. The molecule has 7 heteroatoms.